The molecular weight excluding hydrogens is 174 g/mol. The summed E-state index contributed by atoms with van der Waals surface area (Å²) in [6.07, 6.45) is 4.48. The van der Waals surface area contributed by atoms with Gasteiger partial charge in [0.15, 0.2) is 0 Å². The largest absolute Gasteiger partial charge is 0.508 e. The second-order valence-electron chi connectivity index (χ2n) is 4.18. The Labute approximate surface area is 84.7 Å². The maximum absolute atomic E-state index is 9.71. The summed E-state index contributed by atoms with van der Waals surface area (Å²) in [5, 5.41) is 9.71. The van der Waals surface area contributed by atoms with E-state index in [4.69, 9.17) is 5.73 Å². The molecule has 76 valence electrons. The Balaban J connectivity index is 2.18. The number of hydrogen-bond donors (Lipinski definition) is 2. The second kappa shape index (κ2) is 4.01. The standard InChI is InChI=1S/C12H17NO/c13-10-5-3-4-9(8-10)11-6-1-2-7-12(11)14/h1-2,6-7,9-10,14H,3-5,8,13H2. The zero-order chi connectivity index (χ0) is 9.97. The molecule has 14 heavy (non-hydrogen) atoms. The molecule has 2 nitrogen and oxygen atoms in total. The van der Waals surface area contributed by atoms with Gasteiger partial charge in [-0.2, -0.15) is 0 Å². The molecule has 2 atom stereocenters. The smallest absolute Gasteiger partial charge is 0.119 e. The molecule has 0 radical (unpaired) electrons. The van der Waals surface area contributed by atoms with Gasteiger partial charge in [-0.1, -0.05) is 24.6 Å². The van der Waals surface area contributed by atoms with Crippen LogP contribution < -0.4 is 5.73 Å². The number of phenols is 1. The molecule has 0 amide bonds. The van der Waals surface area contributed by atoms with Crippen molar-refractivity contribution in [1.29, 1.82) is 0 Å². The van der Waals surface area contributed by atoms with Crippen molar-refractivity contribution in [2.45, 2.75) is 37.6 Å². The molecule has 1 aliphatic rings. The SMILES string of the molecule is NC1CCCC(c2ccccc2O)C1. The lowest BCUT2D eigenvalue weighted by atomic mass is 9.81. The Hall–Kier alpha value is -1.02. The summed E-state index contributed by atoms with van der Waals surface area (Å²) >= 11 is 0. The average molecular weight is 191 g/mol. The van der Waals surface area contributed by atoms with E-state index >= 15 is 0 Å². The molecule has 0 saturated heterocycles. The number of nitrogens with two attached hydrogens (primary N) is 1. The number of hydrogen-bond acceptors (Lipinski definition) is 2. The van der Waals surface area contributed by atoms with Gasteiger partial charge < -0.3 is 10.8 Å². The topological polar surface area (TPSA) is 46.2 Å². The molecule has 1 saturated carbocycles. The Morgan fingerprint density at radius 1 is 1.21 bits per heavy atom. The first-order chi connectivity index (χ1) is 6.77. The number of phenolic OH excluding ortho intramolecular Hbond substituents is 1. The van der Waals surface area contributed by atoms with E-state index in [2.05, 4.69) is 0 Å². The first-order valence-electron chi connectivity index (χ1n) is 5.31. The molecule has 2 heteroatoms. The lowest BCUT2D eigenvalue weighted by Gasteiger charge is -2.27. The van der Waals surface area contributed by atoms with Crippen LogP contribution in [0.25, 0.3) is 0 Å². The Bertz CT molecular complexity index is 311. The molecule has 0 aliphatic heterocycles. The van der Waals surface area contributed by atoms with Gasteiger partial charge in [0.1, 0.15) is 5.75 Å². The van der Waals surface area contributed by atoms with E-state index in [1.165, 1.54) is 6.42 Å². The van der Waals surface area contributed by atoms with Gasteiger partial charge in [0.25, 0.3) is 0 Å². The minimum Gasteiger partial charge on any atom is -0.508 e. The van der Waals surface area contributed by atoms with Gasteiger partial charge in [-0.3, -0.25) is 0 Å². The maximum atomic E-state index is 9.71. The average Bonchev–Trinajstić information content (AvgIpc) is 2.18. The van der Waals surface area contributed by atoms with Crippen molar-refractivity contribution in [2.75, 3.05) is 0 Å². The predicted molar refractivity (Wildman–Crippen MR) is 57.3 cm³/mol. The van der Waals surface area contributed by atoms with Crippen molar-refractivity contribution in [2.24, 2.45) is 5.73 Å². The number of aromatic hydroxyl groups is 1. The number of para-hydroxylation sites is 1. The van der Waals surface area contributed by atoms with Crippen molar-refractivity contribution in [1.82, 2.24) is 0 Å². The van der Waals surface area contributed by atoms with E-state index in [9.17, 15) is 5.11 Å². The Kier molecular flexibility index (Phi) is 2.73. The fourth-order valence-electron chi connectivity index (χ4n) is 2.34. The molecule has 0 spiro atoms. The second-order valence-corrected chi connectivity index (χ2v) is 4.18. The first kappa shape index (κ1) is 9.53. The zero-order valence-electron chi connectivity index (χ0n) is 8.32. The maximum Gasteiger partial charge on any atom is 0.119 e. The molecule has 0 heterocycles. The van der Waals surface area contributed by atoms with Crippen LogP contribution >= 0.6 is 0 Å². The summed E-state index contributed by atoms with van der Waals surface area (Å²) in [4.78, 5) is 0. The molecule has 2 rings (SSSR count). The first-order valence-corrected chi connectivity index (χ1v) is 5.31. The Morgan fingerprint density at radius 2 is 2.00 bits per heavy atom. The highest BCUT2D eigenvalue weighted by Gasteiger charge is 2.22. The minimum absolute atomic E-state index is 0.313. The summed E-state index contributed by atoms with van der Waals surface area (Å²) in [6, 6.07) is 7.93. The fourth-order valence-corrected chi connectivity index (χ4v) is 2.34. The van der Waals surface area contributed by atoms with Gasteiger partial charge in [-0.25, -0.2) is 0 Å². The van der Waals surface area contributed by atoms with Gasteiger partial charge in [0.2, 0.25) is 0 Å². The van der Waals surface area contributed by atoms with Gasteiger partial charge in [0.05, 0.1) is 0 Å². The van der Waals surface area contributed by atoms with Crippen LogP contribution in [-0.4, -0.2) is 11.1 Å². The van der Waals surface area contributed by atoms with E-state index in [0.717, 1.165) is 24.8 Å². The molecule has 1 aromatic carbocycles. The van der Waals surface area contributed by atoms with Crippen LogP contribution in [0.1, 0.15) is 37.2 Å². The highest BCUT2D eigenvalue weighted by atomic mass is 16.3. The van der Waals surface area contributed by atoms with E-state index in [0.29, 0.717) is 17.7 Å². The van der Waals surface area contributed by atoms with Crippen molar-refractivity contribution < 1.29 is 5.11 Å². The van der Waals surface area contributed by atoms with E-state index in [1.54, 1.807) is 6.07 Å². The minimum atomic E-state index is 0.313. The molecule has 1 fully saturated rings. The fraction of sp³-hybridized carbons (Fsp3) is 0.500. The molecule has 3 N–H and O–H groups in total. The van der Waals surface area contributed by atoms with Crippen LogP contribution in [0.5, 0.6) is 5.75 Å². The molecule has 1 aromatic rings. The van der Waals surface area contributed by atoms with Gasteiger partial charge >= 0.3 is 0 Å². The molecule has 2 unspecified atom stereocenters. The van der Waals surface area contributed by atoms with Crippen LogP contribution in [0.3, 0.4) is 0 Å². The quantitative estimate of drug-likeness (QED) is 0.716. The molecule has 1 aliphatic carbocycles. The highest BCUT2D eigenvalue weighted by molar-refractivity contribution is 5.35. The lowest BCUT2D eigenvalue weighted by molar-refractivity contribution is 0.379. The highest BCUT2D eigenvalue weighted by Crippen LogP contribution is 2.36. The van der Waals surface area contributed by atoms with Crippen LogP contribution in [0.2, 0.25) is 0 Å². The summed E-state index contributed by atoms with van der Waals surface area (Å²) in [5.41, 5.74) is 7.00. The van der Waals surface area contributed by atoms with Crippen LogP contribution in [-0.2, 0) is 0 Å². The van der Waals surface area contributed by atoms with Crippen molar-refractivity contribution in [3.8, 4) is 5.75 Å². The normalized spacial score (nSPS) is 27.5. The van der Waals surface area contributed by atoms with Crippen LogP contribution in [0.4, 0.5) is 0 Å². The predicted octanol–water partition coefficient (Wildman–Crippen LogP) is 2.38. The van der Waals surface area contributed by atoms with Gasteiger partial charge in [-0.15, -0.1) is 0 Å². The lowest BCUT2D eigenvalue weighted by Crippen LogP contribution is -2.26. The van der Waals surface area contributed by atoms with E-state index in [-0.39, 0.29) is 0 Å². The Morgan fingerprint density at radius 3 is 2.71 bits per heavy atom. The number of rotatable bonds is 1. The zero-order valence-corrected chi connectivity index (χ0v) is 8.32. The van der Waals surface area contributed by atoms with Crippen molar-refractivity contribution >= 4 is 0 Å². The summed E-state index contributed by atoms with van der Waals surface area (Å²) in [6.45, 7) is 0. The molecular formula is C12H17NO. The van der Waals surface area contributed by atoms with Crippen molar-refractivity contribution in [3.05, 3.63) is 29.8 Å². The molecule has 0 bridgehead atoms. The third kappa shape index (κ3) is 1.90. The van der Waals surface area contributed by atoms with Gasteiger partial charge in [-0.05, 0) is 36.8 Å². The summed E-state index contributed by atoms with van der Waals surface area (Å²) in [5.74, 6) is 0.881. The number of benzene rings is 1. The van der Waals surface area contributed by atoms with E-state index in [1.807, 2.05) is 18.2 Å². The van der Waals surface area contributed by atoms with Gasteiger partial charge in [0, 0.05) is 6.04 Å². The third-order valence-corrected chi connectivity index (χ3v) is 3.09. The summed E-state index contributed by atoms with van der Waals surface area (Å²) < 4.78 is 0. The molecule has 0 aromatic heterocycles. The van der Waals surface area contributed by atoms with E-state index < -0.39 is 0 Å². The van der Waals surface area contributed by atoms with Crippen LogP contribution in [0, 0.1) is 0 Å². The monoisotopic (exact) mass is 191 g/mol. The summed E-state index contributed by atoms with van der Waals surface area (Å²) in [7, 11) is 0. The van der Waals surface area contributed by atoms with Crippen LogP contribution in [0.15, 0.2) is 24.3 Å². The third-order valence-electron chi connectivity index (χ3n) is 3.09. The van der Waals surface area contributed by atoms with Crippen molar-refractivity contribution in [3.63, 3.8) is 0 Å².